The van der Waals surface area contributed by atoms with Gasteiger partial charge < -0.3 is 14.4 Å². The largest absolute Gasteiger partial charge is 0.441 e. The number of anilines is 2. The van der Waals surface area contributed by atoms with Crippen molar-refractivity contribution in [2.45, 2.75) is 12.1 Å². The summed E-state index contributed by atoms with van der Waals surface area (Å²) >= 11 is 0. The van der Waals surface area contributed by atoms with Crippen LogP contribution in [0.1, 0.15) is 0 Å². The molecule has 3 aliphatic rings. The Labute approximate surface area is 169 Å². The minimum absolute atomic E-state index is 0.0925. The number of hydrogen-bond acceptors (Lipinski definition) is 8. The third-order valence-electron chi connectivity index (χ3n) is 5.38. The lowest BCUT2D eigenvalue weighted by molar-refractivity contribution is -0.0660. The molecule has 0 radical (unpaired) electrons. The van der Waals surface area contributed by atoms with Crippen molar-refractivity contribution in [3.63, 3.8) is 0 Å². The van der Waals surface area contributed by atoms with Gasteiger partial charge in [-0.3, -0.25) is 14.0 Å². The van der Waals surface area contributed by atoms with E-state index in [2.05, 4.69) is 9.08 Å². The molecule has 0 bridgehead atoms. The van der Waals surface area contributed by atoms with Crippen LogP contribution in [0.3, 0.4) is 0 Å². The van der Waals surface area contributed by atoms with E-state index in [0.29, 0.717) is 17.4 Å². The highest BCUT2D eigenvalue weighted by Gasteiger charge is 2.34. The first-order chi connectivity index (χ1) is 13.8. The standard InChI is InChI=1S/C18H24FN3O6S/c1-29(24,25)27-12-15-9-22(18(23)28-15)13-2-3-17(16(19)8-13)21-6-4-20(5-7-21)14-10-26-11-14/h2-3,8,14-15H,4-7,9-12H2,1H3/t15-/m1/s1. The van der Waals surface area contributed by atoms with Gasteiger partial charge in [-0.05, 0) is 18.2 Å². The summed E-state index contributed by atoms with van der Waals surface area (Å²) in [6.07, 6.45) is -0.464. The van der Waals surface area contributed by atoms with Gasteiger partial charge in [-0.2, -0.15) is 8.42 Å². The lowest BCUT2D eigenvalue weighted by Crippen LogP contribution is -2.56. The summed E-state index contributed by atoms with van der Waals surface area (Å²) in [7, 11) is -3.63. The highest BCUT2D eigenvalue weighted by molar-refractivity contribution is 7.85. The Balaban J connectivity index is 1.38. The maximum atomic E-state index is 14.8. The van der Waals surface area contributed by atoms with Crippen LogP contribution in [-0.4, -0.2) is 90.4 Å². The van der Waals surface area contributed by atoms with Crippen LogP contribution in [-0.2, 0) is 23.8 Å². The molecule has 9 nitrogen and oxygen atoms in total. The zero-order valence-electron chi connectivity index (χ0n) is 16.1. The quantitative estimate of drug-likeness (QED) is 0.609. The number of benzene rings is 1. The van der Waals surface area contributed by atoms with Gasteiger partial charge in [0.15, 0.2) is 0 Å². The second-order valence-electron chi connectivity index (χ2n) is 7.46. The molecule has 4 rings (SSSR count). The summed E-state index contributed by atoms with van der Waals surface area (Å²) in [6.45, 7) is 4.53. The van der Waals surface area contributed by atoms with Gasteiger partial charge in [0.1, 0.15) is 18.5 Å². The summed E-state index contributed by atoms with van der Waals surface area (Å²) in [6, 6.07) is 5.12. The van der Waals surface area contributed by atoms with Gasteiger partial charge in [0.25, 0.3) is 10.1 Å². The van der Waals surface area contributed by atoms with Crippen LogP contribution in [0.25, 0.3) is 0 Å². The first kappa shape index (κ1) is 20.3. The van der Waals surface area contributed by atoms with Crippen molar-refractivity contribution in [1.82, 2.24) is 4.90 Å². The highest BCUT2D eigenvalue weighted by Crippen LogP contribution is 2.29. The zero-order valence-corrected chi connectivity index (χ0v) is 16.9. The topological polar surface area (TPSA) is 88.6 Å². The van der Waals surface area contributed by atoms with Crippen molar-refractivity contribution in [3.05, 3.63) is 24.0 Å². The minimum Gasteiger partial charge on any atom is -0.441 e. The number of nitrogens with zero attached hydrogens (tertiary/aromatic N) is 3. The van der Waals surface area contributed by atoms with Gasteiger partial charge >= 0.3 is 6.09 Å². The first-order valence-corrected chi connectivity index (χ1v) is 11.3. The number of halogens is 1. The molecule has 1 amide bonds. The van der Waals surface area contributed by atoms with Crippen LogP contribution in [0.5, 0.6) is 0 Å². The van der Waals surface area contributed by atoms with Crippen LogP contribution in [0.2, 0.25) is 0 Å². The number of carbonyl (C=O) groups is 1. The molecule has 3 saturated heterocycles. The van der Waals surface area contributed by atoms with Crippen molar-refractivity contribution in [2.24, 2.45) is 0 Å². The van der Waals surface area contributed by atoms with Gasteiger partial charge in [-0.25, -0.2) is 9.18 Å². The molecule has 0 spiro atoms. The number of cyclic esters (lactones) is 1. The van der Waals surface area contributed by atoms with Gasteiger partial charge in [-0.15, -0.1) is 0 Å². The van der Waals surface area contributed by atoms with E-state index in [1.54, 1.807) is 12.1 Å². The monoisotopic (exact) mass is 429 g/mol. The number of carbonyl (C=O) groups excluding carboxylic acids is 1. The second-order valence-corrected chi connectivity index (χ2v) is 9.10. The molecule has 160 valence electrons. The predicted octanol–water partition coefficient (Wildman–Crippen LogP) is 0.648. The summed E-state index contributed by atoms with van der Waals surface area (Å²) in [4.78, 5) is 17.7. The van der Waals surface area contributed by atoms with Crippen molar-refractivity contribution in [2.75, 3.05) is 68.6 Å². The van der Waals surface area contributed by atoms with Gasteiger partial charge in [-0.1, -0.05) is 0 Å². The van der Waals surface area contributed by atoms with Crippen LogP contribution in [0.15, 0.2) is 18.2 Å². The maximum Gasteiger partial charge on any atom is 0.414 e. The molecule has 1 atom stereocenters. The molecule has 3 heterocycles. The lowest BCUT2D eigenvalue weighted by atomic mass is 10.1. The molecule has 29 heavy (non-hydrogen) atoms. The van der Waals surface area contributed by atoms with Crippen LogP contribution >= 0.6 is 0 Å². The third kappa shape index (κ3) is 4.63. The van der Waals surface area contributed by atoms with E-state index < -0.39 is 28.1 Å². The fourth-order valence-corrected chi connectivity index (χ4v) is 4.10. The molecule has 1 aromatic rings. The molecule has 0 N–H and O–H groups in total. The molecule has 0 saturated carbocycles. The van der Waals surface area contributed by atoms with E-state index in [0.717, 1.165) is 45.6 Å². The number of amides is 1. The summed E-state index contributed by atoms with van der Waals surface area (Å²) in [5.74, 6) is -0.411. The van der Waals surface area contributed by atoms with Crippen molar-refractivity contribution in [3.8, 4) is 0 Å². The van der Waals surface area contributed by atoms with Crippen molar-refractivity contribution >= 4 is 27.6 Å². The van der Waals surface area contributed by atoms with Crippen molar-refractivity contribution in [1.29, 1.82) is 0 Å². The molecular weight excluding hydrogens is 405 g/mol. The smallest absolute Gasteiger partial charge is 0.414 e. The van der Waals surface area contributed by atoms with Gasteiger partial charge in [0.05, 0.1) is 43.4 Å². The Bertz CT molecular complexity index is 870. The Morgan fingerprint density at radius 2 is 1.93 bits per heavy atom. The lowest BCUT2D eigenvalue weighted by Gasteiger charge is -2.43. The normalized spacial score (nSPS) is 23.9. The predicted molar refractivity (Wildman–Crippen MR) is 103 cm³/mol. The number of hydrogen-bond donors (Lipinski definition) is 0. The average molecular weight is 429 g/mol. The maximum absolute atomic E-state index is 14.8. The molecule has 0 aromatic heterocycles. The summed E-state index contributed by atoms with van der Waals surface area (Å²) in [5.41, 5.74) is 0.867. The van der Waals surface area contributed by atoms with E-state index in [9.17, 15) is 17.6 Å². The van der Waals surface area contributed by atoms with E-state index in [1.165, 1.54) is 11.0 Å². The molecule has 3 aliphatic heterocycles. The second kappa shape index (κ2) is 8.05. The number of piperazine rings is 1. The van der Waals surface area contributed by atoms with Gasteiger partial charge in [0.2, 0.25) is 0 Å². The fraction of sp³-hybridized carbons (Fsp3) is 0.611. The Morgan fingerprint density at radius 1 is 1.21 bits per heavy atom. The van der Waals surface area contributed by atoms with Crippen molar-refractivity contribution < 1.29 is 31.3 Å². The Kier molecular flexibility index (Phi) is 5.65. The summed E-state index contributed by atoms with van der Waals surface area (Å²) < 4.78 is 52.0. The molecule has 0 unspecified atom stereocenters. The summed E-state index contributed by atoms with van der Waals surface area (Å²) in [5, 5.41) is 0. The van der Waals surface area contributed by atoms with E-state index in [4.69, 9.17) is 9.47 Å². The van der Waals surface area contributed by atoms with E-state index in [-0.39, 0.29) is 13.2 Å². The first-order valence-electron chi connectivity index (χ1n) is 9.49. The SMILES string of the molecule is CS(=O)(=O)OC[C@H]1CN(c2ccc(N3CCN(C4COC4)CC3)c(F)c2)C(=O)O1. The Morgan fingerprint density at radius 3 is 2.52 bits per heavy atom. The van der Waals surface area contributed by atoms with Crippen LogP contribution < -0.4 is 9.80 Å². The minimum atomic E-state index is -3.63. The molecule has 1 aromatic carbocycles. The Hall–Kier alpha value is -1.95. The fourth-order valence-electron chi connectivity index (χ4n) is 3.70. The highest BCUT2D eigenvalue weighted by atomic mass is 32.2. The average Bonchev–Trinajstić information content (AvgIpc) is 3.00. The zero-order chi connectivity index (χ0) is 20.6. The van der Waals surface area contributed by atoms with Crippen LogP contribution in [0.4, 0.5) is 20.6 Å². The van der Waals surface area contributed by atoms with E-state index >= 15 is 0 Å². The number of ether oxygens (including phenoxy) is 2. The van der Waals surface area contributed by atoms with Gasteiger partial charge in [0, 0.05) is 26.2 Å². The molecular formula is C18H24FN3O6S. The van der Waals surface area contributed by atoms with Crippen LogP contribution in [0, 0.1) is 5.82 Å². The third-order valence-corrected chi connectivity index (χ3v) is 5.94. The number of rotatable bonds is 6. The van der Waals surface area contributed by atoms with E-state index in [1.807, 2.05) is 4.90 Å². The molecule has 3 fully saturated rings. The molecule has 11 heteroatoms. The molecule has 0 aliphatic carbocycles.